The third-order valence-electron chi connectivity index (χ3n) is 4.03. The molecule has 25 heavy (non-hydrogen) atoms. The van der Waals surface area contributed by atoms with Gasteiger partial charge in [0.1, 0.15) is 5.82 Å². The first kappa shape index (κ1) is 17.3. The van der Waals surface area contributed by atoms with E-state index in [0.29, 0.717) is 0 Å². The van der Waals surface area contributed by atoms with E-state index in [4.69, 9.17) is 0 Å². The van der Waals surface area contributed by atoms with Crippen molar-refractivity contribution in [1.82, 2.24) is 4.98 Å². The Labute approximate surface area is 150 Å². The molecule has 1 N–H and O–H groups in total. The van der Waals surface area contributed by atoms with Crippen LogP contribution in [0.3, 0.4) is 0 Å². The maximum atomic E-state index is 13.1. The number of carbonyl (C=O) groups is 1. The van der Waals surface area contributed by atoms with E-state index >= 15 is 0 Å². The number of amides is 1. The van der Waals surface area contributed by atoms with Crippen molar-refractivity contribution in [1.29, 1.82) is 0 Å². The van der Waals surface area contributed by atoms with Crippen LogP contribution < -0.4 is 5.32 Å². The lowest BCUT2D eigenvalue weighted by Gasteiger charge is -2.08. The minimum absolute atomic E-state index is 0.0877. The van der Waals surface area contributed by atoms with Crippen molar-refractivity contribution in [3.63, 3.8) is 0 Å². The van der Waals surface area contributed by atoms with Crippen LogP contribution in [0.15, 0.2) is 42.5 Å². The quantitative estimate of drug-likeness (QED) is 0.712. The number of benzene rings is 2. The Morgan fingerprint density at radius 3 is 2.48 bits per heavy atom. The van der Waals surface area contributed by atoms with Gasteiger partial charge in [0.25, 0.3) is 0 Å². The summed E-state index contributed by atoms with van der Waals surface area (Å²) < 4.78 is 13.1. The average Bonchev–Trinajstić information content (AvgIpc) is 2.92. The SMILES string of the molecule is Cc1nc(-c2ccc(F)cc2)c(CC(=O)Nc2ccc(C)c(C)c2)s1. The maximum Gasteiger partial charge on any atom is 0.229 e. The number of halogens is 1. The number of nitrogens with one attached hydrogen (secondary N) is 1. The van der Waals surface area contributed by atoms with Gasteiger partial charge < -0.3 is 5.32 Å². The lowest BCUT2D eigenvalue weighted by Crippen LogP contribution is -2.14. The van der Waals surface area contributed by atoms with Crippen LogP contribution in [0, 0.1) is 26.6 Å². The number of hydrogen-bond donors (Lipinski definition) is 1. The Hall–Kier alpha value is -2.53. The number of nitrogens with zero attached hydrogens (tertiary/aromatic N) is 1. The van der Waals surface area contributed by atoms with Gasteiger partial charge in [-0.05, 0) is 68.3 Å². The predicted octanol–water partition coefficient (Wildman–Crippen LogP) is 5.06. The fraction of sp³-hybridized carbons (Fsp3) is 0.200. The number of carbonyl (C=O) groups excluding carboxylic acids is 1. The fourth-order valence-electron chi connectivity index (χ4n) is 2.59. The number of rotatable bonds is 4. The van der Waals surface area contributed by atoms with Crippen LogP contribution in [0.2, 0.25) is 0 Å². The Morgan fingerprint density at radius 2 is 1.80 bits per heavy atom. The van der Waals surface area contributed by atoms with Gasteiger partial charge in [-0.25, -0.2) is 9.37 Å². The summed E-state index contributed by atoms with van der Waals surface area (Å²) in [6.45, 7) is 5.96. The van der Waals surface area contributed by atoms with Crippen molar-refractivity contribution in [3.05, 3.63) is 69.3 Å². The van der Waals surface area contributed by atoms with Crippen LogP contribution in [-0.2, 0) is 11.2 Å². The number of anilines is 1. The van der Waals surface area contributed by atoms with Crippen molar-refractivity contribution in [2.75, 3.05) is 5.32 Å². The van der Waals surface area contributed by atoms with Crippen LogP contribution in [0.4, 0.5) is 10.1 Å². The molecular formula is C20H19FN2OS. The number of hydrogen-bond acceptors (Lipinski definition) is 3. The first-order valence-corrected chi connectivity index (χ1v) is 8.83. The molecule has 3 aromatic rings. The van der Waals surface area contributed by atoms with Gasteiger partial charge in [0.2, 0.25) is 5.91 Å². The van der Waals surface area contributed by atoms with Crippen molar-refractivity contribution in [2.45, 2.75) is 27.2 Å². The van der Waals surface area contributed by atoms with Crippen LogP contribution in [-0.4, -0.2) is 10.9 Å². The van der Waals surface area contributed by atoms with E-state index in [9.17, 15) is 9.18 Å². The number of thiazole rings is 1. The van der Waals surface area contributed by atoms with Crippen molar-refractivity contribution in [3.8, 4) is 11.3 Å². The highest BCUT2D eigenvalue weighted by Gasteiger charge is 2.15. The van der Waals surface area contributed by atoms with E-state index in [1.165, 1.54) is 29.0 Å². The smallest absolute Gasteiger partial charge is 0.229 e. The summed E-state index contributed by atoms with van der Waals surface area (Å²) in [5, 5.41) is 3.82. The van der Waals surface area contributed by atoms with E-state index in [-0.39, 0.29) is 18.1 Å². The summed E-state index contributed by atoms with van der Waals surface area (Å²) >= 11 is 1.49. The van der Waals surface area contributed by atoms with Crippen LogP contribution in [0.1, 0.15) is 21.0 Å². The monoisotopic (exact) mass is 354 g/mol. The Morgan fingerprint density at radius 1 is 1.08 bits per heavy atom. The van der Waals surface area contributed by atoms with E-state index in [0.717, 1.165) is 32.4 Å². The zero-order valence-electron chi connectivity index (χ0n) is 14.4. The molecule has 0 fully saturated rings. The molecule has 0 spiro atoms. The summed E-state index contributed by atoms with van der Waals surface area (Å²) in [5.41, 5.74) is 4.68. The second kappa shape index (κ2) is 7.15. The summed E-state index contributed by atoms with van der Waals surface area (Å²) in [4.78, 5) is 17.8. The van der Waals surface area contributed by atoms with Crippen LogP contribution in [0.25, 0.3) is 11.3 Å². The maximum absolute atomic E-state index is 13.1. The molecule has 0 saturated heterocycles. The number of aryl methyl sites for hydroxylation is 3. The van der Waals surface area contributed by atoms with Gasteiger partial charge in [-0.3, -0.25) is 4.79 Å². The van der Waals surface area contributed by atoms with Gasteiger partial charge in [-0.15, -0.1) is 11.3 Å². The minimum Gasteiger partial charge on any atom is -0.326 e. The van der Waals surface area contributed by atoms with E-state index in [1.807, 2.05) is 39.0 Å². The van der Waals surface area contributed by atoms with Crippen molar-refractivity contribution >= 4 is 22.9 Å². The van der Waals surface area contributed by atoms with Gasteiger partial charge in [-0.2, -0.15) is 0 Å². The van der Waals surface area contributed by atoms with Gasteiger partial charge in [0.15, 0.2) is 0 Å². The topological polar surface area (TPSA) is 42.0 Å². The van der Waals surface area contributed by atoms with E-state index < -0.39 is 0 Å². The molecule has 0 aliphatic heterocycles. The lowest BCUT2D eigenvalue weighted by atomic mass is 10.1. The van der Waals surface area contributed by atoms with E-state index in [1.54, 1.807) is 12.1 Å². The van der Waals surface area contributed by atoms with Gasteiger partial charge >= 0.3 is 0 Å². The predicted molar refractivity (Wildman–Crippen MR) is 100 cm³/mol. The first-order chi connectivity index (χ1) is 11.9. The fourth-order valence-corrected chi connectivity index (χ4v) is 3.55. The molecule has 0 aliphatic rings. The zero-order chi connectivity index (χ0) is 18.0. The Kier molecular flexibility index (Phi) is 4.95. The number of aromatic nitrogens is 1. The van der Waals surface area contributed by atoms with Crippen molar-refractivity contribution < 1.29 is 9.18 Å². The molecule has 1 amide bonds. The van der Waals surface area contributed by atoms with Crippen LogP contribution in [0.5, 0.6) is 0 Å². The zero-order valence-corrected chi connectivity index (χ0v) is 15.2. The Balaban J connectivity index is 1.79. The summed E-state index contributed by atoms with van der Waals surface area (Å²) in [7, 11) is 0. The molecule has 0 radical (unpaired) electrons. The third-order valence-corrected chi connectivity index (χ3v) is 5.00. The molecule has 5 heteroatoms. The molecule has 0 aliphatic carbocycles. The lowest BCUT2D eigenvalue weighted by molar-refractivity contribution is -0.115. The second-order valence-corrected chi connectivity index (χ2v) is 7.32. The molecular weight excluding hydrogens is 335 g/mol. The summed E-state index contributed by atoms with van der Waals surface area (Å²) in [6.07, 6.45) is 0.241. The third kappa shape index (κ3) is 4.12. The van der Waals surface area contributed by atoms with Gasteiger partial charge in [0.05, 0.1) is 17.1 Å². The largest absolute Gasteiger partial charge is 0.326 e. The standard InChI is InChI=1S/C20H19FN2OS/c1-12-4-9-17(10-13(12)2)23-19(24)11-18-20(22-14(3)25-18)15-5-7-16(21)8-6-15/h4-10H,11H2,1-3H3,(H,23,24). The first-order valence-electron chi connectivity index (χ1n) is 8.02. The average molecular weight is 354 g/mol. The molecule has 0 unspecified atom stereocenters. The molecule has 3 rings (SSSR count). The highest BCUT2D eigenvalue weighted by Crippen LogP contribution is 2.29. The molecule has 1 aromatic heterocycles. The minimum atomic E-state index is -0.287. The summed E-state index contributed by atoms with van der Waals surface area (Å²) in [5.74, 6) is -0.375. The van der Waals surface area contributed by atoms with Crippen LogP contribution >= 0.6 is 11.3 Å². The summed E-state index contributed by atoms with van der Waals surface area (Å²) in [6, 6.07) is 12.0. The molecule has 1 heterocycles. The second-order valence-electron chi connectivity index (χ2n) is 6.04. The molecule has 0 bridgehead atoms. The molecule has 2 aromatic carbocycles. The molecule has 0 saturated carbocycles. The molecule has 128 valence electrons. The normalized spacial score (nSPS) is 10.7. The Bertz CT molecular complexity index is 916. The van der Waals surface area contributed by atoms with Gasteiger partial charge in [-0.1, -0.05) is 6.07 Å². The highest BCUT2D eigenvalue weighted by atomic mass is 32.1. The molecule has 0 atom stereocenters. The van der Waals surface area contributed by atoms with Crippen molar-refractivity contribution in [2.24, 2.45) is 0 Å². The van der Waals surface area contributed by atoms with E-state index in [2.05, 4.69) is 10.3 Å². The van der Waals surface area contributed by atoms with Gasteiger partial charge in [0, 0.05) is 16.1 Å². The highest BCUT2D eigenvalue weighted by molar-refractivity contribution is 7.12. The molecule has 3 nitrogen and oxygen atoms in total.